The smallest absolute Gasteiger partial charge is 0.234 e. The van der Waals surface area contributed by atoms with Gasteiger partial charge in [0.15, 0.2) is 0 Å². The third kappa shape index (κ3) is 3.95. The second kappa shape index (κ2) is 6.58. The largest absolute Gasteiger partial charge is 0.398 e. The summed E-state index contributed by atoms with van der Waals surface area (Å²) in [6, 6.07) is 8.47. The highest BCUT2D eigenvalue weighted by Crippen LogP contribution is 2.26. The van der Waals surface area contributed by atoms with Gasteiger partial charge in [0.1, 0.15) is 11.6 Å². The number of amides is 1. The van der Waals surface area contributed by atoms with E-state index < -0.39 is 11.6 Å². The Hall–Kier alpha value is -2.08. The number of benzene rings is 2. The van der Waals surface area contributed by atoms with Gasteiger partial charge in [-0.3, -0.25) is 4.79 Å². The maximum absolute atomic E-state index is 13.4. The SMILES string of the molecule is Cc1c(N)cccc1SCC(=O)Nc1ccc(F)cc1F. The van der Waals surface area contributed by atoms with Gasteiger partial charge in [-0.25, -0.2) is 8.78 Å². The molecule has 0 aliphatic carbocycles. The number of hydrogen-bond donors (Lipinski definition) is 2. The molecular formula is C15H14F2N2OS. The molecule has 0 unspecified atom stereocenters. The van der Waals surface area contributed by atoms with Crippen molar-refractivity contribution >= 4 is 29.0 Å². The number of carbonyl (C=O) groups excluding carboxylic acids is 1. The maximum atomic E-state index is 13.4. The molecule has 0 aliphatic rings. The van der Waals surface area contributed by atoms with Crippen LogP contribution in [0.15, 0.2) is 41.3 Å². The Morgan fingerprint density at radius 3 is 2.76 bits per heavy atom. The van der Waals surface area contributed by atoms with E-state index in [1.807, 2.05) is 19.1 Å². The van der Waals surface area contributed by atoms with Crippen molar-refractivity contribution in [3.8, 4) is 0 Å². The van der Waals surface area contributed by atoms with Gasteiger partial charge >= 0.3 is 0 Å². The lowest BCUT2D eigenvalue weighted by atomic mass is 10.2. The number of nitrogens with two attached hydrogens (primary N) is 1. The summed E-state index contributed by atoms with van der Waals surface area (Å²) in [7, 11) is 0. The second-order valence-corrected chi connectivity index (χ2v) is 5.45. The highest BCUT2D eigenvalue weighted by Gasteiger charge is 2.10. The van der Waals surface area contributed by atoms with Crippen LogP contribution in [0.4, 0.5) is 20.2 Å². The summed E-state index contributed by atoms with van der Waals surface area (Å²) in [5.74, 6) is -1.74. The van der Waals surface area contributed by atoms with E-state index in [4.69, 9.17) is 5.73 Å². The van der Waals surface area contributed by atoms with Crippen molar-refractivity contribution in [3.05, 3.63) is 53.6 Å². The summed E-state index contributed by atoms with van der Waals surface area (Å²) < 4.78 is 26.2. The minimum Gasteiger partial charge on any atom is -0.398 e. The van der Waals surface area contributed by atoms with E-state index in [1.165, 1.54) is 17.8 Å². The monoisotopic (exact) mass is 308 g/mol. The Kier molecular flexibility index (Phi) is 4.80. The third-order valence-corrected chi connectivity index (χ3v) is 4.05. The Balaban J connectivity index is 1.97. The zero-order valence-corrected chi connectivity index (χ0v) is 12.1. The standard InChI is InChI=1S/C15H14F2N2OS/c1-9-12(18)3-2-4-14(9)21-8-15(20)19-13-6-5-10(16)7-11(13)17/h2-7H,8,18H2,1H3,(H,19,20). The summed E-state index contributed by atoms with van der Waals surface area (Å²) in [5.41, 5.74) is 7.31. The lowest BCUT2D eigenvalue weighted by Gasteiger charge is -2.09. The first-order chi connectivity index (χ1) is 9.97. The third-order valence-electron chi connectivity index (χ3n) is 2.89. The predicted octanol–water partition coefficient (Wildman–Crippen LogP) is 3.59. The molecule has 0 saturated carbocycles. The van der Waals surface area contributed by atoms with E-state index in [9.17, 15) is 13.6 Å². The molecule has 0 spiro atoms. The molecule has 0 radical (unpaired) electrons. The van der Waals surface area contributed by atoms with Crippen LogP contribution in [0.2, 0.25) is 0 Å². The Labute approximate surface area is 125 Å². The van der Waals surface area contributed by atoms with Gasteiger partial charge in [0.05, 0.1) is 11.4 Å². The summed E-state index contributed by atoms with van der Waals surface area (Å²) in [5, 5.41) is 2.41. The van der Waals surface area contributed by atoms with Crippen molar-refractivity contribution in [1.29, 1.82) is 0 Å². The van der Waals surface area contributed by atoms with Crippen LogP contribution < -0.4 is 11.1 Å². The lowest BCUT2D eigenvalue weighted by molar-refractivity contribution is -0.113. The number of halogens is 2. The van der Waals surface area contributed by atoms with Crippen LogP contribution in [-0.2, 0) is 4.79 Å². The van der Waals surface area contributed by atoms with E-state index in [1.54, 1.807) is 6.07 Å². The van der Waals surface area contributed by atoms with Gasteiger partial charge < -0.3 is 11.1 Å². The number of thioether (sulfide) groups is 1. The van der Waals surface area contributed by atoms with Crippen molar-refractivity contribution in [2.24, 2.45) is 0 Å². The van der Waals surface area contributed by atoms with Crippen molar-refractivity contribution in [2.45, 2.75) is 11.8 Å². The molecule has 6 heteroatoms. The molecule has 0 heterocycles. The van der Waals surface area contributed by atoms with Crippen molar-refractivity contribution in [2.75, 3.05) is 16.8 Å². The fourth-order valence-electron chi connectivity index (χ4n) is 1.71. The number of rotatable bonds is 4. The zero-order chi connectivity index (χ0) is 15.4. The summed E-state index contributed by atoms with van der Waals surface area (Å²) in [6.45, 7) is 1.87. The second-order valence-electron chi connectivity index (χ2n) is 4.43. The minimum atomic E-state index is -0.798. The molecule has 1 amide bonds. The Morgan fingerprint density at radius 2 is 2.05 bits per heavy atom. The Bertz CT molecular complexity index is 677. The van der Waals surface area contributed by atoms with Crippen LogP contribution in [0.1, 0.15) is 5.56 Å². The molecule has 0 bridgehead atoms. The molecule has 110 valence electrons. The molecule has 0 aliphatic heterocycles. The predicted molar refractivity (Wildman–Crippen MR) is 81.3 cm³/mol. The van der Waals surface area contributed by atoms with Gasteiger partial charge in [-0.05, 0) is 36.8 Å². The van der Waals surface area contributed by atoms with Crippen LogP contribution in [0, 0.1) is 18.6 Å². The van der Waals surface area contributed by atoms with Crippen LogP contribution in [0.3, 0.4) is 0 Å². The van der Waals surface area contributed by atoms with E-state index in [0.717, 1.165) is 22.6 Å². The first-order valence-corrected chi connectivity index (χ1v) is 7.18. The molecule has 2 aromatic carbocycles. The van der Waals surface area contributed by atoms with Gasteiger partial charge in [0.2, 0.25) is 5.91 Å². The molecule has 0 atom stereocenters. The molecule has 2 rings (SSSR count). The minimum absolute atomic E-state index is 0.0358. The average Bonchev–Trinajstić information content (AvgIpc) is 2.43. The van der Waals surface area contributed by atoms with Gasteiger partial charge in [-0.15, -0.1) is 11.8 Å². The first kappa shape index (κ1) is 15.3. The molecule has 3 N–H and O–H groups in total. The summed E-state index contributed by atoms with van der Waals surface area (Å²) in [6.07, 6.45) is 0. The average molecular weight is 308 g/mol. The Morgan fingerprint density at radius 1 is 1.29 bits per heavy atom. The molecular weight excluding hydrogens is 294 g/mol. The van der Waals surface area contributed by atoms with Gasteiger partial charge in [-0.1, -0.05) is 6.07 Å². The fourth-order valence-corrected chi connectivity index (χ4v) is 2.58. The summed E-state index contributed by atoms with van der Waals surface area (Å²) >= 11 is 1.31. The highest BCUT2D eigenvalue weighted by molar-refractivity contribution is 8.00. The first-order valence-electron chi connectivity index (χ1n) is 6.20. The zero-order valence-electron chi connectivity index (χ0n) is 11.3. The molecule has 0 fully saturated rings. The van der Waals surface area contributed by atoms with Crippen LogP contribution in [-0.4, -0.2) is 11.7 Å². The lowest BCUT2D eigenvalue weighted by Crippen LogP contribution is -2.15. The molecule has 2 aromatic rings. The van der Waals surface area contributed by atoms with E-state index in [0.29, 0.717) is 5.69 Å². The van der Waals surface area contributed by atoms with Crippen LogP contribution >= 0.6 is 11.8 Å². The number of hydrogen-bond acceptors (Lipinski definition) is 3. The van der Waals surface area contributed by atoms with Gasteiger partial charge in [-0.2, -0.15) is 0 Å². The van der Waals surface area contributed by atoms with Crippen molar-refractivity contribution in [3.63, 3.8) is 0 Å². The van der Waals surface area contributed by atoms with Gasteiger partial charge in [0, 0.05) is 16.6 Å². The molecule has 0 saturated heterocycles. The summed E-state index contributed by atoms with van der Waals surface area (Å²) in [4.78, 5) is 12.7. The number of carbonyl (C=O) groups is 1. The van der Waals surface area contributed by atoms with Crippen LogP contribution in [0.5, 0.6) is 0 Å². The normalized spacial score (nSPS) is 10.4. The number of anilines is 2. The van der Waals surface area contributed by atoms with Crippen molar-refractivity contribution in [1.82, 2.24) is 0 Å². The van der Waals surface area contributed by atoms with Crippen molar-refractivity contribution < 1.29 is 13.6 Å². The number of nitrogens with one attached hydrogen (secondary N) is 1. The van der Waals surface area contributed by atoms with E-state index in [-0.39, 0.29) is 17.3 Å². The van der Waals surface area contributed by atoms with Crippen LogP contribution in [0.25, 0.3) is 0 Å². The van der Waals surface area contributed by atoms with Gasteiger partial charge in [0.25, 0.3) is 0 Å². The topological polar surface area (TPSA) is 55.1 Å². The molecule has 0 aromatic heterocycles. The fraction of sp³-hybridized carbons (Fsp3) is 0.133. The van der Waals surface area contributed by atoms with E-state index in [2.05, 4.69) is 5.32 Å². The quantitative estimate of drug-likeness (QED) is 0.670. The molecule has 21 heavy (non-hydrogen) atoms. The highest BCUT2D eigenvalue weighted by atomic mass is 32.2. The maximum Gasteiger partial charge on any atom is 0.234 e. The van der Waals surface area contributed by atoms with E-state index >= 15 is 0 Å². The number of nitrogen functional groups attached to an aromatic ring is 1. The molecule has 3 nitrogen and oxygen atoms in total.